The molecule has 0 saturated heterocycles. The second-order valence-electron chi connectivity index (χ2n) is 5.56. The Kier molecular flexibility index (Phi) is 4.44. The molecule has 0 N–H and O–H groups in total. The van der Waals surface area contributed by atoms with Crippen molar-refractivity contribution >= 4 is 61.6 Å². The van der Waals surface area contributed by atoms with Crippen LogP contribution in [0, 0.1) is 0 Å². The smallest absolute Gasteiger partial charge is 0.315 e. The van der Waals surface area contributed by atoms with E-state index in [4.69, 9.17) is 27.6 Å². The molecule has 2 heterocycles. The first-order chi connectivity index (χ1) is 12.6. The lowest BCUT2D eigenvalue weighted by atomic mass is 10.2. The number of carbonyl (C=O) groups is 1. The molecule has 0 bridgehead atoms. The van der Waals surface area contributed by atoms with Crippen LogP contribution in [-0.2, 0) is 6.54 Å². The van der Waals surface area contributed by atoms with Crippen LogP contribution in [0.1, 0.15) is 10.6 Å². The van der Waals surface area contributed by atoms with Gasteiger partial charge >= 0.3 is 5.91 Å². The molecule has 0 radical (unpaired) electrons. The molecule has 1 amide bonds. The number of amides is 1. The average Bonchev–Trinajstić information content (AvgIpc) is 3.21. The molecule has 26 heavy (non-hydrogen) atoms. The largest absolute Gasteiger partial charge is 0.451 e. The van der Waals surface area contributed by atoms with Crippen LogP contribution in [-0.4, -0.2) is 10.5 Å². The summed E-state index contributed by atoms with van der Waals surface area (Å²) >= 11 is 13.9. The van der Waals surface area contributed by atoms with Gasteiger partial charge in [-0.1, -0.05) is 58.8 Å². The van der Waals surface area contributed by atoms with E-state index >= 15 is 0 Å². The molecule has 0 spiro atoms. The third-order valence-corrected chi connectivity index (χ3v) is 5.72. The van der Waals surface area contributed by atoms with Crippen molar-refractivity contribution < 1.29 is 9.21 Å². The Morgan fingerprint density at radius 2 is 2.00 bits per heavy atom. The third kappa shape index (κ3) is 2.88. The second-order valence-corrected chi connectivity index (χ2v) is 7.35. The number of benzene rings is 2. The number of hydrogen-bond acceptors (Lipinski definition) is 3. The zero-order valence-electron chi connectivity index (χ0n) is 13.4. The Morgan fingerprint density at radius 1 is 1.23 bits per heavy atom. The van der Waals surface area contributed by atoms with Crippen molar-refractivity contribution in [3.63, 3.8) is 0 Å². The fraction of sp³-hybridized carbons (Fsp3) is 0.0526. The normalized spacial score (nSPS) is 12.2. The monoisotopic (exact) mass is 402 g/mol. The zero-order chi connectivity index (χ0) is 18.3. The van der Waals surface area contributed by atoms with Crippen molar-refractivity contribution in [3.8, 4) is 0 Å². The number of aromatic nitrogens is 1. The summed E-state index contributed by atoms with van der Waals surface area (Å²) < 4.78 is 8.20. The standard InChI is InChI=1S/C19H12Cl2N2O2S/c1-2-9-23-16-12(20)7-8-13(21)17(16)26-19(23)22-18(24)15-10-11-5-3-4-6-14(11)25-15/h2-8,10H,1,9H2. The Hall–Kier alpha value is -2.34. The first-order valence-corrected chi connectivity index (χ1v) is 9.31. The number of hydrogen-bond donors (Lipinski definition) is 0. The van der Waals surface area contributed by atoms with Gasteiger partial charge in [0.15, 0.2) is 10.6 Å². The molecule has 4 aromatic rings. The Balaban J connectivity index is 1.90. The van der Waals surface area contributed by atoms with Crippen molar-refractivity contribution in [2.75, 3.05) is 0 Å². The van der Waals surface area contributed by atoms with Crippen LogP contribution in [0.15, 0.2) is 64.5 Å². The Bertz CT molecular complexity index is 1200. The predicted molar refractivity (Wildman–Crippen MR) is 106 cm³/mol. The van der Waals surface area contributed by atoms with Gasteiger partial charge in [0.05, 0.1) is 20.3 Å². The van der Waals surface area contributed by atoms with Gasteiger partial charge in [-0.3, -0.25) is 4.79 Å². The van der Waals surface area contributed by atoms with E-state index in [9.17, 15) is 4.79 Å². The molecule has 4 nitrogen and oxygen atoms in total. The molecular weight excluding hydrogens is 391 g/mol. The van der Waals surface area contributed by atoms with E-state index in [0.29, 0.717) is 27.0 Å². The molecule has 2 aromatic carbocycles. The number of fused-ring (bicyclic) bond motifs is 2. The molecule has 0 atom stereocenters. The third-order valence-electron chi connectivity index (χ3n) is 3.87. The number of furan rings is 1. The SMILES string of the molecule is C=CCn1c(=NC(=O)c2cc3ccccc3o2)sc2c(Cl)ccc(Cl)c21. The number of nitrogens with zero attached hydrogens (tertiary/aromatic N) is 2. The van der Waals surface area contributed by atoms with Crippen LogP contribution in [0.2, 0.25) is 10.0 Å². The van der Waals surface area contributed by atoms with E-state index in [2.05, 4.69) is 11.6 Å². The molecule has 130 valence electrons. The molecule has 0 saturated carbocycles. The molecule has 7 heteroatoms. The summed E-state index contributed by atoms with van der Waals surface area (Å²) in [6.07, 6.45) is 1.72. The fourth-order valence-electron chi connectivity index (χ4n) is 2.72. The number of carbonyl (C=O) groups excluding carboxylic acids is 1. The van der Waals surface area contributed by atoms with Crippen LogP contribution in [0.4, 0.5) is 0 Å². The van der Waals surface area contributed by atoms with Crippen LogP contribution >= 0.6 is 34.5 Å². The van der Waals surface area contributed by atoms with Gasteiger partial charge in [-0.25, -0.2) is 0 Å². The van der Waals surface area contributed by atoms with Crippen molar-refractivity contribution in [3.05, 3.63) is 75.7 Å². The van der Waals surface area contributed by atoms with Crippen molar-refractivity contribution in [1.82, 2.24) is 4.57 Å². The number of allylic oxidation sites excluding steroid dienone is 1. The lowest BCUT2D eigenvalue weighted by Crippen LogP contribution is -2.16. The highest BCUT2D eigenvalue weighted by atomic mass is 35.5. The topological polar surface area (TPSA) is 47.5 Å². The predicted octanol–water partition coefficient (Wildman–Crippen LogP) is 5.68. The van der Waals surface area contributed by atoms with Crippen LogP contribution in [0.25, 0.3) is 21.2 Å². The van der Waals surface area contributed by atoms with Gasteiger partial charge in [0.2, 0.25) is 0 Å². The van der Waals surface area contributed by atoms with E-state index in [0.717, 1.165) is 15.6 Å². The quantitative estimate of drug-likeness (QED) is 0.413. The summed E-state index contributed by atoms with van der Waals surface area (Å²) in [7, 11) is 0. The van der Waals surface area contributed by atoms with E-state index < -0.39 is 5.91 Å². The van der Waals surface area contributed by atoms with E-state index in [1.54, 1.807) is 24.3 Å². The number of thiazole rings is 1. The summed E-state index contributed by atoms with van der Waals surface area (Å²) in [5.41, 5.74) is 1.38. The number of halogens is 2. The Morgan fingerprint density at radius 3 is 2.77 bits per heavy atom. The molecule has 0 aliphatic rings. The van der Waals surface area contributed by atoms with Gasteiger partial charge in [0, 0.05) is 11.9 Å². The van der Waals surface area contributed by atoms with Gasteiger partial charge in [-0.2, -0.15) is 4.99 Å². The highest BCUT2D eigenvalue weighted by Gasteiger charge is 2.15. The maximum Gasteiger partial charge on any atom is 0.315 e. The van der Waals surface area contributed by atoms with Crippen molar-refractivity contribution in [2.24, 2.45) is 4.99 Å². The summed E-state index contributed by atoms with van der Waals surface area (Å²) in [5, 5.41) is 1.96. The molecular formula is C19H12Cl2N2O2S. The Labute approximate surface area is 162 Å². The van der Waals surface area contributed by atoms with E-state index in [1.165, 1.54) is 11.3 Å². The van der Waals surface area contributed by atoms with Gasteiger partial charge in [-0.05, 0) is 24.3 Å². The second kappa shape index (κ2) is 6.76. The molecule has 4 rings (SSSR count). The minimum absolute atomic E-state index is 0.186. The lowest BCUT2D eigenvalue weighted by molar-refractivity contribution is 0.0973. The van der Waals surface area contributed by atoms with Crippen molar-refractivity contribution in [1.29, 1.82) is 0 Å². The maximum absolute atomic E-state index is 12.6. The first-order valence-electron chi connectivity index (χ1n) is 7.74. The molecule has 0 fully saturated rings. The highest BCUT2D eigenvalue weighted by molar-refractivity contribution is 7.17. The van der Waals surface area contributed by atoms with Crippen LogP contribution in [0.3, 0.4) is 0 Å². The number of rotatable bonds is 3. The van der Waals surface area contributed by atoms with Gasteiger partial charge < -0.3 is 8.98 Å². The lowest BCUT2D eigenvalue weighted by Gasteiger charge is -2.03. The molecule has 0 aliphatic carbocycles. The summed E-state index contributed by atoms with van der Waals surface area (Å²) in [6, 6.07) is 12.6. The minimum atomic E-state index is -0.460. The summed E-state index contributed by atoms with van der Waals surface area (Å²) in [5.74, 6) is -0.274. The minimum Gasteiger partial charge on any atom is -0.451 e. The van der Waals surface area contributed by atoms with Crippen LogP contribution < -0.4 is 4.80 Å². The first kappa shape index (κ1) is 17.1. The molecule has 0 unspecified atom stereocenters. The number of para-hydroxylation sites is 1. The van der Waals surface area contributed by atoms with Crippen LogP contribution in [0.5, 0.6) is 0 Å². The molecule has 2 aromatic heterocycles. The summed E-state index contributed by atoms with van der Waals surface area (Å²) in [6.45, 7) is 4.22. The fourth-order valence-corrected chi connectivity index (χ4v) is 4.38. The zero-order valence-corrected chi connectivity index (χ0v) is 15.7. The maximum atomic E-state index is 12.6. The summed E-state index contributed by atoms with van der Waals surface area (Å²) in [4.78, 5) is 17.4. The van der Waals surface area contributed by atoms with Gasteiger partial charge in [-0.15, -0.1) is 6.58 Å². The molecule has 0 aliphatic heterocycles. The van der Waals surface area contributed by atoms with Gasteiger partial charge in [0.25, 0.3) is 0 Å². The van der Waals surface area contributed by atoms with Gasteiger partial charge in [0.1, 0.15) is 5.58 Å². The van der Waals surface area contributed by atoms with Crippen molar-refractivity contribution in [2.45, 2.75) is 6.54 Å². The average molecular weight is 403 g/mol. The van der Waals surface area contributed by atoms with E-state index in [1.807, 2.05) is 28.8 Å². The van der Waals surface area contributed by atoms with E-state index in [-0.39, 0.29) is 5.76 Å². The highest BCUT2D eigenvalue weighted by Crippen LogP contribution is 2.32.